The smallest absolute Gasteiger partial charge is 0.191 e. The SMILES string of the molecule is CN=C(NCCN1CCCCC1)NC(C)COC.I. The molecule has 1 aliphatic rings. The van der Waals surface area contributed by atoms with Gasteiger partial charge >= 0.3 is 0 Å². The van der Waals surface area contributed by atoms with Crippen LogP contribution in [0.5, 0.6) is 0 Å². The Labute approximate surface area is 134 Å². The van der Waals surface area contributed by atoms with E-state index in [4.69, 9.17) is 4.74 Å². The van der Waals surface area contributed by atoms with Crippen LogP contribution in [0.3, 0.4) is 0 Å². The van der Waals surface area contributed by atoms with Crippen LogP contribution in [-0.2, 0) is 4.74 Å². The number of rotatable bonds is 6. The van der Waals surface area contributed by atoms with Gasteiger partial charge in [0.1, 0.15) is 0 Å². The summed E-state index contributed by atoms with van der Waals surface area (Å²) >= 11 is 0. The van der Waals surface area contributed by atoms with E-state index in [-0.39, 0.29) is 30.0 Å². The molecule has 0 aromatic heterocycles. The van der Waals surface area contributed by atoms with Crippen molar-refractivity contribution in [2.75, 3.05) is 46.9 Å². The zero-order chi connectivity index (χ0) is 13.2. The summed E-state index contributed by atoms with van der Waals surface area (Å²) in [5, 5.41) is 6.65. The maximum Gasteiger partial charge on any atom is 0.191 e. The van der Waals surface area contributed by atoms with Gasteiger partial charge in [0.15, 0.2) is 5.96 Å². The summed E-state index contributed by atoms with van der Waals surface area (Å²) in [5.41, 5.74) is 0. The molecule has 1 atom stereocenters. The molecule has 114 valence electrons. The molecule has 1 saturated heterocycles. The Morgan fingerprint density at radius 2 is 2.00 bits per heavy atom. The Bertz CT molecular complexity index is 245. The van der Waals surface area contributed by atoms with Crippen LogP contribution in [0.1, 0.15) is 26.2 Å². The van der Waals surface area contributed by atoms with Gasteiger partial charge < -0.3 is 20.3 Å². The highest BCUT2D eigenvalue weighted by atomic mass is 127. The molecule has 0 aliphatic carbocycles. The zero-order valence-corrected chi connectivity index (χ0v) is 14.8. The topological polar surface area (TPSA) is 48.9 Å². The van der Waals surface area contributed by atoms with Crippen molar-refractivity contribution in [3.63, 3.8) is 0 Å². The number of hydrogen-bond donors (Lipinski definition) is 2. The molecule has 1 unspecified atom stereocenters. The molecule has 0 aromatic carbocycles. The summed E-state index contributed by atoms with van der Waals surface area (Å²) in [4.78, 5) is 6.73. The van der Waals surface area contributed by atoms with Gasteiger partial charge in [-0.1, -0.05) is 6.42 Å². The van der Waals surface area contributed by atoms with Crippen LogP contribution in [-0.4, -0.2) is 63.8 Å². The van der Waals surface area contributed by atoms with E-state index in [0.29, 0.717) is 6.61 Å². The Morgan fingerprint density at radius 3 is 2.58 bits per heavy atom. The van der Waals surface area contributed by atoms with E-state index < -0.39 is 0 Å². The maximum atomic E-state index is 5.10. The summed E-state index contributed by atoms with van der Waals surface area (Å²) in [6.45, 7) is 7.30. The van der Waals surface area contributed by atoms with Gasteiger partial charge in [-0.05, 0) is 32.9 Å². The van der Waals surface area contributed by atoms with Gasteiger partial charge in [-0.25, -0.2) is 0 Å². The maximum absolute atomic E-state index is 5.10. The van der Waals surface area contributed by atoms with Crippen molar-refractivity contribution in [1.82, 2.24) is 15.5 Å². The zero-order valence-electron chi connectivity index (χ0n) is 12.4. The molecule has 1 heterocycles. The number of likely N-dealkylation sites (tertiary alicyclic amines) is 1. The van der Waals surface area contributed by atoms with Gasteiger partial charge in [-0.15, -0.1) is 24.0 Å². The monoisotopic (exact) mass is 384 g/mol. The molecule has 0 amide bonds. The van der Waals surface area contributed by atoms with E-state index in [1.807, 2.05) is 0 Å². The van der Waals surface area contributed by atoms with Crippen molar-refractivity contribution in [2.45, 2.75) is 32.2 Å². The second-order valence-electron chi connectivity index (χ2n) is 4.90. The molecule has 6 heteroatoms. The van der Waals surface area contributed by atoms with Crippen molar-refractivity contribution in [3.05, 3.63) is 0 Å². The van der Waals surface area contributed by atoms with Gasteiger partial charge in [0.25, 0.3) is 0 Å². The van der Waals surface area contributed by atoms with Crippen molar-refractivity contribution in [2.24, 2.45) is 4.99 Å². The van der Waals surface area contributed by atoms with Crippen LogP contribution in [0.4, 0.5) is 0 Å². The molecule has 0 aromatic rings. The largest absolute Gasteiger partial charge is 0.383 e. The number of methoxy groups -OCH3 is 1. The van der Waals surface area contributed by atoms with Crippen molar-refractivity contribution in [3.8, 4) is 0 Å². The second-order valence-corrected chi connectivity index (χ2v) is 4.90. The lowest BCUT2D eigenvalue weighted by Gasteiger charge is -2.27. The van der Waals surface area contributed by atoms with Crippen molar-refractivity contribution >= 4 is 29.9 Å². The van der Waals surface area contributed by atoms with Gasteiger partial charge in [-0.2, -0.15) is 0 Å². The number of halogens is 1. The molecule has 1 aliphatic heterocycles. The lowest BCUT2D eigenvalue weighted by Crippen LogP contribution is -2.46. The van der Waals surface area contributed by atoms with E-state index in [2.05, 4.69) is 27.4 Å². The molecule has 0 bridgehead atoms. The minimum absolute atomic E-state index is 0. The van der Waals surface area contributed by atoms with E-state index in [1.54, 1.807) is 14.2 Å². The first-order chi connectivity index (χ1) is 8.76. The third-order valence-electron chi connectivity index (χ3n) is 3.19. The van der Waals surface area contributed by atoms with Crippen LogP contribution < -0.4 is 10.6 Å². The highest BCUT2D eigenvalue weighted by Gasteiger charge is 2.09. The molecule has 1 rings (SSSR count). The third-order valence-corrected chi connectivity index (χ3v) is 3.19. The minimum atomic E-state index is 0. The molecule has 19 heavy (non-hydrogen) atoms. The summed E-state index contributed by atoms with van der Waals surface area (Å²) in [5.74, 6) is 0.858. The normalized spacial score (nSPS) is 18.6. The van der Waals surface area contributed by atoms with Crippen molar-refractivity contribution < 1.29 is 4.74 Å². The van der Waals surface area contributed by atoms with E-state index >= 15 is 0 Å². The fourth-order valence-electron chi connectivity index (χ4n) is 2.24. The Morgan fingerprint density at radius 1 is 1.32 bits per heavy atom. The highest BCUT2D eigenvalue weighted by Crippen LogP contribution is 2.07. The average Bonchev–Trinajstić information content (AvgIpc) is 2.39. The molecule has 1 fully saturated rings. The summed E-state index contributed by atoms with van der Waals surface area (Å²) in [6, 6.07) is 0.274. The van der Waals surface area contributed by atoms with E-state index in [9.17, 15) is 0 Å². The first-order valence-electron chi connectivity index (χ1n) is 6.94. The van der Waals surface area contributed by atoms with Crippen molar-refractivity contribution in [1.29, 1.82) is 0 Å². The summed E-state index contributed by atoms with van der Waals surface area (Å²) in [6.07, 6.45) is 4.08. The molecular formula is C13H29IN4O. The Hall–Kier alpha value is -0.0800. The number of hydrogen-bond acceptors (Lipinski definition) is 3. The average molecular weight is 384 g/mol. The van der Waals surface area contributed by atoms with Gasteiger partial charge in [0.2, 0.25) is 0 Å². The Kier molecular flexibility index (Phi) is 11.7. The lowest BCUT2D eigenvalue weighted by molar-refractivity contribution is 0.179. The number of nitrogens with zero attached hydrogens (tertiary/aromatic N) is 2. The molecule has 2 N–H and O–H groups in total. The third kappa shape index (κ3) is 8.65. The van der Waals surface area contributed by atoms with E-state index in [1.165, 1.54) is 32.4 Å². The van der Waals surface area contributed by atoms with Crippen LogP contribution in [0, 0.1) is 0 Å². The van der Waals surface area contributed by atoms with Crippen LogP contribution in [0.2, 0.25) is 0 Å². The molecule has 0 radical (unpaired) electrons. The predicted octanol–water partition coefficient (Wildman–Crippen LogP) is 1.29. The first kappa shape index (κ1) is 18.9. The number of nitrogens with one attached hydrogen (secondary N) is 2. The fourth-order valence-corrected chi connectivity index (χ4v) is 2.24. The summed E-state index contributed by atoms with van der Waals surface area (Å²) < 4.78 is 5.10. The molecule has 0 saturated carbocycles. The fraction of sp³-hybridized carbons (Fsp3) is 0.923. The van der Waals surface area contributed by atoms with E-state index in [0.717, 1.165) is 19.0 Å². The number of piperidine rings is 1. The highest BCUT2D eigenvalue weighted by molar-refractivity contribution is 14.0. The first-order valence-corrected chi connectivity index (χ1v) is 6.94. The number of ether oxygens (including phenoxy) is 1. The summed E-state index contributed by atoms with van der Waals surface area (Å²) in [7, 11) is 3.51. The predicted molar refractivity (Wildman–Crippen MR) is 91.5 cm³/mol. The number of aliphatic imine (C=N–C) groups is 1. The lowest BCUT2D eigenvalue weighted by atomic mass is 10.1. The Balaban J connectivity index is 0.00000324. The van der Waals surface area contributed by atoms with Gasteiger partial charge in [0.05, 0.1) is 6.61 Å². The van der Waals surface area contributed by atoms with Crippen LogP contribution in [0.15, 0.2) is 4.99 Å². The second kappa shape index (κ2) is 11.7. The molecule has 0 spiro atoms. The standard InChI is InChI=1S/C13H28N4O.HI/c1-12(11-18-3)16-13(14-2)15-7-10-17-8-5-4-6-9-17;/h12H,4-11H2,1-3H3,(H2,14,15,16);1H. The molecule has 5 nitrogen and oxygen atoms in total. The van der Waals surface area contributed by atoms with Gasteiger partial charge in [-0.3, -0.25) is 4.99 Å². The molecular weight excluding hydrogens is 355 g/mol. The quantitative estimate of drug-likeness (QED) is 0.412. The number of guanidine groups is 1. The van der Waals surface area contributed by atoms with Crippen LogP contribution >= 0.6 is 24.0 Å². The van der Waals surface area contributed by atoms with Crippen LogP contribution in [0.25, 0.3) is 0 Å². The van der Waals surface area contributed by atoms with Gasteiger partial charge in [0, 0.05) is 33.3 Å². The minimum Gasteiger partial charge on any atom is -0.383 e.